The van der Waals surface area contributed by atoms with Crippen LogP contribution < -0.4 is 0 Å². The SMILES string of the molecule is CCC1(CC)c2cc(/C=C/c3ccccc3)ccc2-c2ccc(-c3ccnc(-c4cc(-c5ccc6c(c5)C(CC)(CC)c5cc(/C=C/c7ccccc7)ccc5-6)ccn4)c3)cc21. The van der Waals surface area contributed by atoms with Crippen LogP contribution in [0.25, 0.3) is 80.2 Å². The lowest BCUT2D eigenvalue weighted by atomic mass is 9.73. The van der Waals surface area contributed by atoms with Crippen LogP contribution in [-0.2, 0) is 10.8 Å². The second kappa shape index (κ2) is 16.2. The van der Waals surface area contributed by atoms with Crippen LogP contribution in [-0.4, -0.2) is 9.97 Å². The molecule has 0 amide bonds. The van der Waals surface area contributed by atoms with Crippen molar-refractivity contribution in [3.63, 3.8) is 0 Å². The van der Waals surface area contributed by atoms with Crippen LogP contribution in [0, 0.1) is 0 Å². The quantitative estimate of drug-likeness (QED) is 0.122. The Morgan fingerprint density at radius 3 is 1.06 bits per heavy atom. The third-order valence-electron chi connectivity index (χ3n) is 14.2. The van der Waals surface area contributed by atoms with Crippen molar-refractivity contribution in [1.29, 1.82) is 0 Å². The number of fused-ring (bicyclic) bond motifs is 6. The number of nitrogens with zero attached hydrogens (tertiary/aromatic N) is 2. The molecule has 0 saturated heterocycles. The smallest absolute Gasteiger partial charge is 0.0892 e. The summed E-state index contributed by atoms with van der Waals surface area (Å²) >= 11 is 0. The van der Waals surface area contributed by atoms with Crippen molar-refractivity contribution in [3.8, 4) is 55.9 Å². The van der Waals surface area contributed by atoms with Crippen molar-refractivity contribution < 1.29 is 0 Å². The minimum Gasteiger partial charge on any atom is -0.255 e. The molecular weight excluding hydrogens is 749 g/mol. The first kappa shape index (κ1) is 39.2. The number of pyridine rings is 2. The van der Waals surface area contributed by atoms with Gasteiger partial charge in [0.25, 0.3) is 0 Å². The summed E-state index contributed by atoms with van der Waals surface area (Å²) in [6.45, 7) is 9.38. The molecule has 2 heterocycles. The molecule has 0 bridgehead atoms. The zero-order valence-corrected chi connectivity index (χ0v) is 36.2. The van der Waals surface area contributed by atoms with Crippen molar-refractivity contribution >= 4 is 24.3 Å². The lowest BCUT2D eigenvalue weighted by Gasteiger charge is -2.30. The van der Waals surface area contributed by atoms with Gasteiger partial charge in [-0.2, -0.15) is 0 Å². The van der Waals surface area contributed by atoms with Crippen molar-refractivity contribution in [2.75, 3.05) is 0 Å². The van der Waals surface area contributed by atoms with E-state index < -0.39 is 0 Å². The molecule has 10 rings (SSSR count). The van der Waals surface area contributed by atoms with E-state index in [1.807, 2.05) is 12.4 Å². The number of benzene rings is 6. The van der Waals surface area contributed by atoms with E-state index in [2.05, 4.69) is 210 Å². The van der Waals surface area contributed by atoms with Crippen LogP contribution in [0.2, 0.25) is 0 Å². The number of aromatic nitrogens is 2. The molecule has 0 spiro atoms. The number of hydrogen-bond donors (Lipinski definition) is 0. The van der Waals surface area contributed by atoms with Gasteiger partial charge in [0.05, 0.1) is 11.4 Å². The second-order valence-electron chi connectivity index (χ2n) is 17.1. The summed E-state index contributed by atoms with van der Waals surface area (Å²) in [5.74, 6) is 0. The molecule has 302 valence electrons. The molecule has 6 aromatic carbocycles. The van der Waals surface area contributed by atoms with Gasteiger partial charge in [0, 0.05) is 23.2 Å². The van der Waals surface area contributed by atoms with Gasteiger partial charge in [0.15, 0.2) is 0 Å². The Morgan fingerprint density at radius 1 is 0.339 bits per heavy atom. The van der Waals surface area contributed by atoms with Gasteiger partial charge in [-0.25, -0.2) is 0 Å². The fourth-order valence-corrected chi connectivity index (χ4v) is 10.6. The summed E-state index contributed by atoms with van der Waals surface area (Å²) in [7, 11) is 0. The summed E-state index contributed by atoms with van der Waals surface area (Å²) in [6.07, 6.45) is 16.9. The summed E-state index contributed by atoms with van der Waals surface area (Å²) in [5.41, 5.74) is 22.4. The highest BCUT2D eigenvalue weighted by molar-refractivity contribution is 5.88. The summed E-state index contributed by atoms with van der Waals surface area (Å²) in [4.78, 5) is 9.77. The monoisotopic (exact) mass is 800 g/mol. The highest BCUT2D eigenvalue weighted by Crippen LogP contribution is 2.55. The Kier molecular flexibility index (Phi) is 10.2. The molecule has 8 aromatic rings. The van der Waals surface area contributed by atoms with Crippen molar-refractivity contribution in [1.82, 2.24) is 9.97 Å². The molecule has 0 saturated carbocycles. The normalized spacial score (nSPS) is 14.2. The molecule has 2 aliphatic carbocycles. The molecule has 2 aliphatic rings. The Hall–Kier alpha value is -6.90. The maximum Gasteiger partial charge on any atom is 0.0892 e. The van der Waals surface area contributed by atoms with Gasteiger partial charge >= 0.3 is 0 Å². The molecule has 0 N–H and O–H groups in total. The average molecular weight is 801 g/mol. The van der Waals surface area contributed by atoms with Crippen LogP contribution in [0.4, 0.5) is 0 Å². The van der Waals surface area contributed by atoms with Gasteiger partial charge in [0.2, 0.25) is 0 Å². The number of hydrogen-bond acceptors (Lipinski definition) is 2. The first-order valence-electron chi connectivity index (χ1n) is 22.4. The molecule has 62 heavy (non-hydrogen) atoms. The predicted octanol–water partition coefficient (Wildman–Crippen LogP) is 16.0. The third kappa shape index (κ3) is 6.66. The summed E-state index contributed by atoms with van der Waals surface area (Å²) in [6, 6.07) is 58.0. The molecule has 2 heteroatoms. The van der Waals surface area contributed by atoms with E-state index in [1.54, 1.807) is 0 Å². The zero-order valence-electron chi connectivity index (χ0n) is 36.2. The van der Waals surface area contributed by atoms with E-state index >= 15 is 0 Å². The first-order valence-corrected chi connectivity index (χ1v) is 22.4. The van der Waals surface area contributed by atoms with Crippen molar-refractivity contribution in [2.24, 2.45) is 0 Å². The second-order valence-corrected chi connectivity index (χ2v) is 17.1. The van der Waals surface area contributed by atoms with Crippen LogP contribution in [0.3, 0.4) is 0 Å². The molecule has 0 radical (unpaired) electrons. The van der Waals surface area contributed by atoms with Gasteiger partial charge < -0.3 is 0 Å². The summed E-state index contributed by atoms with van der Waals surface area (Å²) < 4.78 is 0. The van der Waals surface area contributed by atoms with E-state index in [0.29, 0.717) is 0 Å². The van der Waals surface area contributed by atoms with E-state index in [1.165, 1.54) is 77.9 Å². The lowest BCUT2D eigenvalue weighted by molar-refractivity contribution is 0.490. The van der Waals surface area contributed by atoms with E-state index in [0.717, 1.165) is 48.2 Å². The minimum absolute atomic E-state index is 0.0465. The van der Waals surface area contributed by atoms with E-state index in [4.69, 9.17) is 9.97 Å². The van der Waals surface area contributed by atoms with E-state index in [9.17, 15) is 0 Å². The van der Waals surface area contributed by atoms with Crippen LogP contribution >= 0.6 is 0 Å². The van der Waals surface area contributed by atoms with Crippen LogP contribution in [0.15, 0.2) is 170 Å². The molecule has 0 atom stereocenters. The van der Waals surface area contributed by atoms with Crippen molar-refractivity contribution in [2.45, 2.75) is 64.2 Å². The highest BCUT2D eigenvalue weighted by Gasteiger charge is 2.42. The largest absolute Gasteiger partial charge is 0.255 e. The van der Waals surface area contributed by atoms with Gasteiger partial charge in [-0.05, 0) is 151 Å². The van der Waals surface area contributed by atoms with Gasteiger partial charge in [-0.3, -0.25) is 9.97 Å². The van der Waals surface area contributed by atoms with Crippen molar-refractivity contribution in [3.05, 3.63) is 215 Å². The Balaban J connectivity index is 0.952. The first-order chi connectivity index (χ1) is 30.5. The topological polar surface area (TPSA) is 25.8 Å². The molecule has 0 unspecified atom stereocenters. The molecule has 0 aliphatic heterocycles. The van der Waals surface area contributed by atoms with Gasteiger partial charge in [0.1, 0.15) is 0 Å². The fourth-order valence-electron chi connectivity index (χ4n) is 10.6. The standard InChI is InChI=1S/C60H52N2/c1-5-59(6-2)53-35-43(21-19-41-15-11-9-12-16-41)23-27-49(53)51-29-25-45(37-55(51)59)47-31-33-61-57(39-47)58-40-48(32-34-62-58)46-26-30-52-50-28-24-44(22-20-42-17-13-10-14-18-42)36-54(50)60(7-3,8-4)56(52)38-46/h9-40H,5-8H2,1-4H3/b21-19+,22-20+. The Bertz CT molecular complexity index is 2790. The molecule has 0 fully saturated rings. The molecule has 2 aromatic heterocycles. The van der Waals surface area contributed by atoms with Crippen LogP contribution in [0.5, 0.6) is 0 Å². The fraction of sp³-hybridized carbons (Fsp3) is 0.167. The maximum absolute atomic E-state index is 4.89. The average Bonchev–Trinajstić information content (AvgIpc) is 3.78. The number of rotatable bonds is 11. The minimum atomic E-state index is -0.0465. The van der Waals surface area contributed by atoms with Gasteiger partial charge in [-0.1, -0.05) is 173 Å². The van der Waals surface area contributed by atoms with Gasteiger partial charge in [-0.15, -0.1) is 0 Å². The highest BCUT2D eigenvalue weighted by atomic mass is 14.8. The lowest BCUT2D eigenvalue weighted by Crippen LogP contribution is -2.23. The van der Waals surface area contributed by atoms with Crippen LogP contribution in [0.1, 0.15) is 97.9 Å². The Labute approximate surface area is 367 Å². The third-order valence-corrected chi connectivity index (χ3v) is 14.2. The molecule has 2 nitrogen and oxygen atoms in total. The zero-order chi connectivity index (χ0) is 42.3. The predicted molar refractivity (Wildman–Crippen MR) is 263 cm³/mol. The molecular formula is C60H52N2. The summed E-state index contributed by atoms with van der Waals surface area (Å²) in [5, 5.41) is 0. The maximum atomic E-state index is 4.89. The van der Waals surface area contributed by atoms with E-state index in [-0.39, 0.29) is 10.8 Å². The Morgan fingerprint density at radius 2 is 0.677 bits per heavy atom.